The number of carbonyl (C=O) groups is 1. The van der Waals surface area contributed by atoms with Gasteiger partial charge in [-0.1, -0.05) is 24.8 Å². The number of nitrogens with one attached hydrogen (secondary N) is 1. The molecular formula is C12H12N2O2S. The third-order valence-electron chi connectivity index (χ3n) is 2.34. The van der Waals surface area contributed by atoms with E-state index in [0.717, 1.165) is 5.56 Å². The van der Waals surface area contributed by atoms with Crippen molar-refractivity contribution in [2.24, 2.45) is 0 Å². The third-order valence-corrected chi connectivity index (χ3v) is 2.43. The van der Waals surface area contributed by atoms with E-state index in [9.17, 15) is 4.79 Å². The Kier molecular flexibility index (Phi) is 3.92. The van der Waals surface area contributed by atoms with Crippen molar-refractivity contribution in [1.29, 1.82) is 10.7 Å². The lowest BCUT2D eigenvalue weighted by Gasteiger charge is -2.15. The van der Waals surface area contributed by atoms with E-state index in [0.29, 0.717) is 5.56 Å². The number of nitriles is 1. The number of nitrogens with zero attached hydrogens (tertiary/aromatic N) is 1. The molecule has 0 bridgehead atoms. The molecule has 17 heavy (non-hydrogen) atoms. The van der Waals surface area contributed by atoms with Crippen molar-refractivity contribution in [2.45, 2.75) is 19.3 Å². The number of ether oxygens (including phenoxy) is 1. The van der Waals surface area contributed by atoms with E-state index < -0.39 is 10.7 Å². The molecule has 1 rings (SSSR count). The zero-order chi connectivity index (χ0) is 13.1. The van der Waals surface area contributed by atoms with Crippen molar-refractivity contribution >= 4 is 23.8 Å². The maximum Gasteiger partial charge on any atom is 0.370 e. The zero-order valence-corrected chi connectivity index (χ0v) is 10.4. The molecule has 0 aromatic heterocycles. The first-order valence-corrected chi connectivity index (χ1v) is 5.33. The molecule has 0 atom stereocenters. The minimum absolute atomic E-state index is 0.258. The first-order valence-electron chi connectivity index (χ1n) is 4.88. The fraction of sp³-hybridized carbons (Fsp3) is 0.250. The zero-order valence-electron chi connectivity index (χ0n) is 9.52. The van der Waals surface area contributed by atoms with Crippen LogP contribution in [0, 0.1) is 16.7 Å². The number of carbonyl (C=O) groups excluding carboxylic acids is 1. The van der Waals surface area contributed by atoms with Crippen molar-refractivity contribution in [2.75, 3.05) is 0 Å². The smallest absolute Gasteiger partial charge is 0.370 e. The van der Waals surface area contributed by atoms with Gasteiger partial charge in [-0.2, -0.15) is 5.26 Å². The summed E-state index contributed by atoms with van der Waals surface area (Å²) in [6.45, 7) is 3.61. The van der Waals surface area contributed by atoms with Gasteiger partial charge in [0.1, 0.15) is 0 Å². The van der Waals surface area contributed by atoms with Crippen LogP contribution in [0.1, 0.15) is 25.0 Å². The molecule has 0 radical (unpaired) electrons. The Hall–Kier alpha value is -1.80. The first-order chi connectivity index (χ1) is 7.86. The second-order valence-electron chi connectivity index (χ2n) is 4.01. The van der Waals surface area contributed by atoms with Gasteiger partial charge in [0.2, 0.25) is 5.90 Å². The van der Waals surface area contributed by atoms with Gasteiger partial charge in [0.25, 0.3) is 0 Å². The van der Waals surface area contributed by atoms with E-state index in [4.69, 9.17) is 10.7 Å². The monoisotopic (exact) mass is 248 g/mol. The van der Waals surface area contributed by atoms with E-state index in [1.54, 1.807) is 38.1 Å². The highest BCUT2D eigenvalue weighted by Gasteiger charge is 2.19. The van der Waals surface area contributed by atoms with Crippen LogP contribution in [0.25, 0.3) is 0 Å². The van der Waals surface area contributed by atoms with Gasteiger partial charge in [-0.3, -0.25) is 5.41 Å². The van der Waals surface area contributed by atoms with Crippen LogP contribution in [0.15, 0.2) is 24.3 Å². The summed E-state index contributed by atoms with van der Waals surface area (Å²) < 4.78 is 4.53. The highest BCUT2D eigenvalue weighted by molar-refractivity contribution is 7.96. The van der Waals surface area contributed by atoms with Gasteiger partial charge in [-0.25, -0.2) is 4.79 Å². The molecule has 0 heterocycles. The average Bonchev–Trinajstić information content (AvgIpc) is 2.28. The summed E-state index contributed by atoms with van der Waals surface area (Å²) in [5, 5.41) is 15.6. The average molecular weight is 248 g/mol. The van der Waals surface area contributed by atoms with Gasteiger partial charge < -0.3 is 4.74 Å². The number of hydrogen-bond acceptors (Lipinski definition) is 4. The lowest BCUT2D eigenvalue weighted by Crippen LogP contribution is -2.14. The Morgan fingerprint density at radius 2 is 1.94 bits per heavy atom. The van der Waals surface area contributed by atoms with Crippen LogP contribution in [0.5, 0.6) is 0 Å². The minimum Gasteiger partial charge on any atom is -0.399 e. The summed E-state index contributed by atoms with van der Waals surface area (Å²) in [5.41, 5.74) is 0.722. The van der Waals surface area contributed by atoms with Crippen LogP contribution in [-0.2, 0) is 10.2 Å². The number of rotatable bonds is 2. The van der Waals surface area contributed by atoms with Crippen molar-refractivity contribution in [3.8, 4) is 6.07 Å². The fourth-order valence-corrected chi connectivity index (χ4v) is 1.34. The molecule has 0 amide bonds. The van der Waals surface area contributed by atoms with Gasteiger partial charge in [-0.15, -0.1) is 0 Å². The molecule has 0 aliphatic heterocycles. The summed E-state index contributed by atoms with van der Waals surface area (Å²) in [4.78, 5) is 10.6. The third kappa shape index (κ3) is 3.33. The van der Waals surface area contributed by atoms with Crippen molar-refractivity contribution in [3.05, 3.63) is 35.4 Å². The van der Waals surface area contributed by atoms with E-state index in [2.05, 4.69) is 23.4 Å². The maximum absolute atomic E-state index is 10.6. The Labute approximate surface area is 105 Å². The fourth-order valence-electron chi connectivity index (χ4n) is 1.25. The number of benzene rings is 1. The highest BCUT2D eigenvalue weighted by Crippen LogP contribution is 2.22. The standard InChI is InChI=1S/C12H12N2O2S/c1-12(2,7-13)9-5-3-8(4-6-9)10(14)16-11(15)17/h3-6,14H,1-2H3,(H,15,17). The van der Waals surface area contributed by atoms with Crippen molar-refractivity contribution in [3.63, 3.8) is 0 Å². The lowest BCUT2D eigenvalue weighted by molar-refractivity contribution is 0.225. The topological polar surface area (TPSA) is 73.9 Å². The van der Waals surface area contributed by atoms with Crippen LogP contribution in [-0.4, -0.2) is 11.2 Å². The SMILES string of the molecule is CC(C)(C#N)c1ccc(C(=N)OC(=O)S)cc1. The second-order valence-corrected chi connectivity index (χ2v) is 4.38. The summed E-state index contributed by atoms with van der Waals surface area (Å²) in [5.74, 6) is -0.258. The first kappa shape index (κ1) is 13.3. The molecule has 4 nitrogen and oxygen atoms in total. The van der Waals surface area contributed by atoms with Gasteiger partial charge in [0, 0.05) is 5.56 Å². The van der Waals surface area contributed by atoms with Crippen LogP contribution in [0.4, 0.5) is 4.79 Å². The summed E-state index contributed by atoms with van der Waals surface area (Å²) >= 11 is 3.42. The number of hydrogen-bond donors (Lipinski definition) is 2. The van der Waals surface area contributed by atoms with Crippen molar-refractivity contribution < 1.29 is 9.53 Å². The molecule has 0 spiro atoms. The lowest BCUT2D eigenvalue weighted by atomic mass is 9.86. The summed E-state index contributed by atoms with van der Waals surface area (Å²) in [6.07, 6.45) is 0. The Morgan fingerprint density at radius 1 is 1.41 bits per heavy atom. The Bertz CT molecular complexity index is 486. The molecule has 5 heteroatoms. The van der Waals surface area contributed by atoms with Gasteiger partial charge in [0.15, 0.2) is 0 Å². The molecule has 1 aromatic rings. The number of thiol groups is 1. The highest BCUT2D eigenvalue weighted by atomic mass is 32.1. The predicted octanol–water partition coefficient (Wildman–Crippen LogP) is 2.88. The van der Waals surface area contributed by atoms with Gasteiger partial charge in [0.05, 0.1) is 11.5 Å². The second kappa shape index (κ2) is 5.02. The molecule has 1 N–H and O–H groups in total. The summed E-state index contributed by atoms with van der Waals surface area (Å²) in [6, 6.07) is 8.92. The van der Waals surface area contributed by atoms with Crippen LogP contribution in [0.2, 0.25) is 0 Å². The Morgan fingerprint density at radius 3 is 2.35 bits per heavy atom. The summed E-state index contributed by atoms with van der Waals surface area (Å²) in [7, 11) is 0. The molecule has 0 aliphatic rings. The molecule has 0 unspecified atom stereocenters. The van der Waals surface area contributed by atoms with Gasteiger partial charge in [-0.05, 0) is 31.5 Å². The van der Waals surface area contributed by atoms with Crippen LogP contribution < -0.4 is 0 Å². The molecule has 1 aromatic carbocycles. The quantitative estimate of drug-likeness (QED) is 0.366. The molecular weight excluding hydrogens is 236 g/mol. The molecule has 0 fully saturated rings. The molecule has 0 saturated heterocycles. The molecule has 0 aliphatic carbocycles. The van der Waals surface area contributed by atoms with E-state index in [1.807, 2.05) is 0 Å². The van der Waals surface area contributed by atoms with E-state index >= 15 is 0 Å². The maximum atomic E-state index is 10.6. The van der Waals surface area contributed by atoms with Crippen LogP contribution in [0.3, 0.4) is 0 Å². The molecule has 88 valence electrons. The minimum atomic E-state index is -0.823. The molecule has 0 saturated carbocycles. The van der Waals surface area contributed by atoms with E-state index in [-0.39, 0.29) is 5.90 Å². The van der Waals surface area contributed by atoms with E-state index in [1.165, 1.54) is 0 Å². The normalized spacial score (nSPS) is 10.5. The van der Waals surface area contributed by atoms with Crippen molar-refractivity contribution in [1.82, 2.24) is 0 Å². The van der Waals surface area contributed by atoms with Gasteiger partial charge >= 0.3 is 5.30 Å². The van der Waals surface area contributed by atoms with Crippen LogP contribution >= 0.6 is 12.6 Å². The Balaban J connectivity index is 2.93. The predicted molar refractivity (Wildman–Crippen MR) is 67.4 cm³/mol. The largest absolute Gasteiger partial charge is 0.399 e.